The zero-order valence-electron chi connectivity index (χ0n) is 6.35. The summed E-state index contributed by atoms with van der Waals surface area (Å²) in [7, 11) is 0. The minimum atomic E-state index is -0.316. The molecule has 0 saturated carbocycles. The molecular formula is C7H13NO2. The number of allylic oxidation sites excluding steroid dienone is 1. The van der Waals surface area contributed by atoms with Crippen molar-refractivity contribution in [3.05, 3.63) is 12.0 Å². The third-order valence-electron chi connectivity index (χ3n) is 0.994. The van der Waals surface area contributed by atoms with Crippen molar-refractivity contribution in [3.63, 3.8) is 0 Å². The number of nitrogens with one attached hydrogen (secondary N) is 1. The first-order valence-electron chi connectivity index (χ1n) is 3.32. The Morgan fingerprint density at radius 2 is 2.30 bits per heavy atom. The second-order valence-corrected chi connectivity index (χ2v) is 2.04. The Morgan fingerprint density at radius 1 is 1.70 bits per heavy atom. The Labute approximate surface area is 60.7 Å². The van der Waals surface area contributed by atoms with Crippen molar-refractivity contribution in [2.24, 2.45) is 0 Å². The van der Waals surface area contributed by atoms with E-state index in [1.165, 1.54) is 13.1 Å². The van der Waals surface area contributed by atoms with Crippen LogP contribution in [0.5, 0.6) is 0 Å². The predicted octanol–water partition coefficient (Wildman–Crippen LogP) is 0.974. The lowest BCUT2D eigenvalue weighted by Crippen LogP contribution is -2.09. The maximum atomic E-state index is 10.4. The van der Waals surface area contributed by atoms with Gasteiger partial charge in [-0.2, -0.15) is 0 Å². The molecule has 0 saturated heterocycles. The second kappa shape index (κ2) is 4.85. The van der Waals surface area contributed by atoms with Crippen LogP contribution in [0.2, 0.25) is 0 Å². The van der Waals surface area contributed by atoms with E-state index in [1.807, 2.05) is 6.92 Å². The van der Waals surface area contributed by atoms with Crippen molar-refractivity contribution in [3.8, 4) is 0 Å². The third kappa shape index (κ3) is 3.95. The van der Waals surface area contributed by atoms with Crippen LogP contribution in [0, 0.1) is 0 Å². The SMILES string of the molecule is CCCN/C=C(\O)C(C)=O. The number of ketones is 1. The summed E-state index contributed by atoms with van der Waals surface area (Å²) in [5, 5.41) is 11.6. The molecule has 3 nitrogen and oxygen atoms in total. The Balaban J connectivity index is 3.58. The van der Waals surface area contributed by atoms with Gasteiger partial charge in [-0.25, -0.2) is 0 Å². The molecule has 2 N–H and O–H groups in total. The fourth-order valence-corrected chi connectivity index (χ4v) is 0.415. The molecule has 0 aromatic heterocycles. The largest absolute Gasteiger partial charge is 0.503 e. The van der Waals surface area contributed by atoms with Crippen LogP contribution in [0.3, 0.4) is 0 Å². The molecular weight excluding hydrogens is 130 g/mol. The van der Waals surface area contributed by atoms with E-state index in [2.05, 4.69) is 5.32 Å². The molecule has 0 unspecified atom stereocenters. The molecule has 0 radical (unpaired) electrons. The van der Waals surface area contributed by atoms with Crippen LogP contribution in [0.4, 0.5) is 0 Å². The lowest BCUT2D eigenvalue weighted by Gasteiger charge is -1.96. The highest BCUT2D eigenvalue weighted by molar-refractivity contribution is 5.90. The number of carbonyl (C=O) groups is 1. The average Bonchev–Trinajstić information content (AvgIpc) is 1.88. The van der Waals surface area contributed by atoms with Crippen molar-refractivity contribution in [2.75, 3.05) is 6.54 Å². The summed E-state index contributed by atoms with van der Waals surface area (Å²) in [6.45, 7) is 4.10. The van der Waals surface area contributed by atoms with Gasteiger partial charge < -0.3 is 10.4 Å². The molecule has 10 heavy (non-hydrogen) atoms. The minimum Gasteiger partial charge on any atom is -0.503 e. The van der Waals surface area contributed by atoms with Gasteiger partial charge in [-0.3, -0.25) is 4.79 Å². The van der Waals surface area contributed by atoms with Crippen molar-refractivity contribution < 1.29 is 9.90 Å². The summed E-state index contributed by atoms with van der Waals surface area (Å²) in [6.07, 6.45) is 2.30. The Hall–Kier alpha value is -0.990. The van der Waals surface area contributed by atoms with Gasteiger partial charge >= 0.3 is 0 Å². The number of rotatable bonds is 4. The van der Waals surface area contributed by atoms with Gasteiger partial charge in [0.15, 0.2) is 11.5 Å². The zero-order valence-corrected chi connectivity index (χ0v) is 6.35. The van der Waals surface area contributed by atoms with Crippen LogP contribution >= 0.6 is 0 Å². The van der Waals surface area contributed by atoms with Gasteiger partial charge in [0.25, 0.3) is 0 Å². The highest BCUT2D eigenvalue weighted by atomic mass is 16.3. The van der Waals surface area contributed by atoms with Crippen LogP contribution < -0.4 is 5.32 Å². The summed E-state index contributed by atoms with van der Waals surface area (Å²) in [6, 6.07) is 0. The summed E-state index contributed by atoms with van der Waals surface area (Å²) in [5.41, 5.74) is 0. The molecule has 0 aromatic rings. The molecule has 0 rings (SSSR count). The summed E-state index contributed by atoms with van der Waals surface area (Å²) < 4.78 is 0. The molecule has 0 atom stereocenters. The number of Topliss-reactive ketones (excluding diaryl/α,β-unsaturated/α-hetero) is 1. The predicted molar refractivity (Wildman–Crippen MR) is 39.7 cm³/mol. The van der Waals surface area contributed by atoms with Crippen molar-refractivity contribution in [1.29, 1.82) is 0 Å². The Bertz CT molecular complexity index is 141. The maximum absolute atomic E-state index is 10.4. The molecule has 0 aliphatic heterocycles. The zero-order chi connectivity index (χ0) is 7.98. The van der Waals surface area contributed by atoms with E-state index in [0.29, 0.717) is 0 Å². The standard InChI is InChI=1S/C7H13NO2/c1-3-4-8-5-7(10)6(2)9/h5,8,10H,3-4H2,1-2H3/b7-5-. The number of aliphatic hydroxyl groups excluding tert-OH is 1. The lowest BCUT2D eigenvalue weighted by molar-refractivity contribution is -0.116. The van der Waals surface area contributed by atoms with Gasteiger partial charge in [0.1, 0.15) is 0 Å². The van der Waals surface area contributed by atoms with Gasteiger partial charge in [0.05, 0.1) is 0 Å². The molecule has 0 aliphatic rings. The van der Waals surface area contributed by atoms with Crippen LogP contribution in [-0.4, -0.2) is 17.4 Å². The van der Waals surface area contributed by atoms with Crippen LogP contribution in [0.15, 0.2) is 12.0 Å². The first-order valence-corrected chi connectivity index (χ1v) is 3.32. The second-order valence-electron chi connectivity index (χ2n) is 2.04. The molecule has 0 aromatic carbocycles. The van der Waals surface area contributed by atoms with Crippen LogP contribution in [0.1, 0.15) is 20.3 Å². The molecule has 0 aliphatic carbocycles. The van der Waals surface area contributed by atoms with Gasteiger partial charge in [0, 0.05) is 19.7 Å². The Morgan fingerprint density at radius 3 is 2.70 bits per heavy atom. The van der Waals surface area contributed by atoms with Gasteiger partial charge in [-0.05, 0) is 6.42 Å². The maximum Gasteiger partial charge on any atom is 0.195 e. The number of carbonyl (C=O) groups excluding carboxylic acids is 1. The smallest absolute Gasteiger partial charge is 0.195 e. The molecule has 58 valence electrons. The van der Waals surface area contributed by atoms with E-state index in [9.17, 15) is 4.79 Å². The first-order chi connectivity index (χ1) is 4.68. The van der Waals surface area contributed by atoms with Crippen LogP contribution in [-0.2, 0) is 4.79 Å². The average molecular weight is 143 g/mol. The molecule has 0 bridgehead atoms. The highest BCUT2D eigenvalue weighted by Gasteiger charge is 1.96. The van der Waals surface area contributed by atoms with Crippen molar-refractivity contribution in [2.45, 2.75) is 20.3 Å². The monoisotopic (exact) mass is 143 g/mol. The minimum absolute atomic E-state index is 0.214. The normalized spacial score (nSPS) is 11.2. The van der Waals surface area contributed by atoms with Crippen molar-refractivity contribution in [1.82, 2.24) is 5.32 Å². The summed E-state index contributed by atoms with van der Waals surface area (Å²) >= 11 is 0. The first kappa shape index (κ1) is 9.01. The topological polar surface area (TPSA) is 49.3 Å². The van der Waals surface area contributed by atoms with E-state index < -0.39 is 0 Å². The molecule has 0 fully saturated rings. The third-order valence-corrected chi connectivity index (χ3v) is 0.994. The van der Waals surface area contributed by atoms with E-state index in [0.717, 1.165) is 13.0 Å². The van der Waals surface area contributed by atoms with Crippen LogP contribution in [0.25, 0.3) is 0 Å². The highest BCUT2D eigenvalue weighted by Crippen LogP contribution is 1.85. The van der Waals surface area contributed by atoms with E-state index >= 15 is 0 Å². The van der Waals surface area contributed by atoms with E-state index in [4.69, 9.17) is 5.11 Å². The number of hydrogen-bond acceptors (Lipinski definition) is 3. The van der Waals surface area contributed by atoms with Gasteiger partial charge in [-0.15, -0.1) is 0 Å². The lowest BCUT2D eigenvalue weighted by atomic mass is 10.4. The van der Waals surface area contributed by atoms with Gasteiger partial charge in [0.2, 0.25) is 0 Å². The summed E-state index contributed by atoms with van der Waals surface area (Å²) in [4.78, 5) is 10.4. The fourth-order valence-electron chi connectivity index (χ4n) is 0.415. The summed E-state index contributed by atoms with van der Waals surface area (Å²) in [5.74, 6) is -0.531. The molecule has 0 spiro atoms. The quantitative estimate of drug-likeness (QED) is 0.350. The van der Waals surface area contributed by atoms with Gasteiger partial charge in [-0.1, -0.05) is 6.92 Å². The number of aliphatic hydroxyl groups is 1. The molecule has 3 heteroatoms. The van der Waals surface area contributed by atoms with Crippen molar-refractivity contribution >= 4 is 5.78 Å². The fraction of sp³-hybridized carbons (Fsp3) is 0.571. The molecule has 0 amide bonds. The van der Waals surface area contributed by atoms with E-state index in [-0.39, 0.29) is 11.5 Å². The number of hydrogen-bond donors (Lipinski definition) is 2. The Kier molecular flexibility index (Phi) is 4.37. The van der Waals surface area contributed by atoms with E-state index in [1.54, 1.807) is 0 Å². The molecule has 0 heterocycles.